The summed E-state index contributed by atoms with van der Waals surface area (Å²) in [5.41, 5.74) is 1.66. The van der Waals surface area contributed by atoms with Crippen LogP contribution in [0.2, 0.25) is 0 Å². The predicted molar refractivity (Wildman–Crippen MR) is 139 cm³/mol. The highest BCUT2D eigenvalue weighted by Gasteiger charge is 2.36. The lowest BCUT2D eigenvalue weighted by molar-refractivity contribution is -0.141. The summed E-state index contributed by atoms with van der Waals surface area (Å²) in [4.78, 5) is 31.4. The number of ether oxygens (including phenoxy) is 3. The molecule has 0 bridgehead atoms. The topological polar surface area (TPSA) is 83.9 Å². The molecule has 4 rings (SSSR count). The maximum atomic E-state index is 13.7. The number of benzene rings is 1. The van der Waals surface area contributed by atoms with E-state index < -0.39 is 0 Å². The van der Waals surface area contributed by atoms with E-state index in [1.807, 2.05) is 42.6 Å². The molecular weight excluding hydrogens is 480 g/mol. The molecule has 1 aromatic carbocycles. The smallest absolute Gasteiger partial charge is 0.262 e. The Bertz CT molecular complexity index is 1070. The van der Waals surface area contributed by atoms with E-state index in [4.69, 9.17) is 19.3 Å². The van der Waals surface area contributed by atoms with Gasteiger partial charge in [-0.15, -0.1) is 11.3 Å². The van der Waals surface area contributed by atoms with Gasteiger partial charge < -0.3 is 19.1 Å². The quantitative estimate of drug-likeness (QED) is 0.485. The molecule has 2 aliphatic rings. The first-order valence-corrected chi connectivity index (χ1v) is 13.1. The summed E-state index contributed by atoms with van der Waals surface area (Å²) < 4.78 is 16.5. The fourth-order valence-corrected chi connectivity index (χ4v) is 5.23. The van der Waals surface area contributed by atoms with Crippen molar-refractivity contribution in [2.24, 2.45) is 5.10 Å². The van der Waals surface area contributed by atoms with Crippen LogP contribution >= 0.6 is 11.3 Å². The van der Waals surface area contributed by atoms with Gasteiger partial charge in [0, 0.05) is 44.6 Å². The summed E-state index contributed by atoms with van der Waals surface area (Å²) in [5.74, 6) is 1.07. The molecule has 1 fully saturated rings. The average molecular weight is 515 g/mol. The Morgan fingerprint density at radius 1 is 1.19 bits per heavy atom. The Balaban J connectivity index is 1.58. The van der Waals surface area contributed by atoms with Crippen molar-refractivity contribution in [3.63, 3.8) is 0 Å². The second-order valence-corrected chi connectivity index (χ2v) is 9.66. The fraction of sp³-hybridized carbons (Fsp3) is 0.500. The lowest BCUT2D eigenvalue weighted by atomic mass is 9.99. The molecule has 194 valence electrons. The number of hydrogen-bond donors (Lipinski definition) is 0. The third-order valence-corrected chi connectivity index (χ3v) is 7.46. The molecule has 1 unspecified atom stereocenters. The largest absolute Gasteiger partial charge is 0.497 e. The zero-order chi connectivity index (χ0) is 25.5. The van der Waals surface area contributed by atoms with Crippen molar-refractivity contribution in [1.82, 2.24) is 14.8 Å². The minimum atomic E-state index is -0.363. The molecule has 1 aromatic heterocycles. The summed E-state index contributed by atoms with van der Waals surface area (Å²) in [5, 5.41) is 8.28. The second kappa shape index (κ2) is 12.3. The molecule has 36 heavy (non-hydrogen) atoms. The van der Waals surface area contributed by atoms with Gasteiger partial charge in [-0.3, -0.25) is 14.5 Å². The minimum Gasteiger partial charge on any atom is -0.497 e. The number of hydrazone groups is 1. The first kappa shape index (κ1) is 26.1. The number of thiophene rings is 1. The molecule has 10 heteroatoms. The van der Waals surface area contributed by atoms with Gasteiger partial charge in [-0.2, -0.15) is 5.10 Å². The SMILES string of the molecule is CCC(=O)N(CCN1CCOCC1)CC(=O)N1N=C(c2cccs2)CC1c1cc(OC)ccc1OC. The first-order valence-electron chi connectivity index (χ1n) is 12.3. The lowest BCUT2D eigenvalue weighted by Crippen LogP contribution is -2.46. The highest BCUT2D eigenvalue weighted by Crippen LogP contribution is 2.39. The van der Waals surface area contributed by atoms with Crippen LogP contribution in [0.5, 0.6) is 11.5 Å². The Hall–Kier alpha value is -2.95. The highest BCUT2D eigenvalue weighted by atomic mass is 32.1. The Morgan fingerprint density at radius 2 is 2.00 bits per heavy atom. The molecule has 2 aliphatic heterocycles. The average Bonchev–Trinajstić information content (AvgIpc) is 3.61. The molecule has 9 nitrogen and oxygen atoms in total. The van der Waals surface area contributed by atoms with E-state index in [2.05, 4.69) is 4.90 Å². The zero-order valence-electron chi connectivity index (χ0n) is 21.1. The highest BCUT2D eigenvalue weighted by molar-refractivity contribution is 7.12. The van der Waals surface area contributed by atoms with Gasteiger partial charge in [-0.25, -0.2) is 5.01 Å². The van der Waals surface area contributed by atoms with Crippen LogP contribution in [-0.4, -0.2) is 92.5 Å². The molecule has 0 radical (unpaired) electrons. The van der Waals surface area contributed by atoms with E-state index >= 15 is 0 Å². The van der Waals surface area contributed by atoms with Crippen molar-refractivity contribution in [1.29, 1.82) is 0 Å². The summed E-state index contributed by atoms with van der Waals surface area (Å²) in [7, 11) is 3.22. The summed E-state index contributed by atoms with van der Waals surface area (Å²) in [6.45, 7) is 6.04. The molecule has 0 saturated carbocycles. The van der Waals surface area contributed by atoms with E-state index in [1.54, 1.807) is 30.5 Å². The molecule has 0 N–H and O–H groups in total. The number of nitrogens with zero attached hydrogens (tertiary/aromatic N) is 4. The van der Waals surface area contributed by atoms with E-state index in [9.17, 15) is 9.59 Å². The van der Waals surface area contributed by atoms with E-state index in [-0.39, 0.29) is 24.4 Å². The van der Waals surface area contributed by atoms with Gasteiger partial charge in [0.2, 0.25) is 5.91 Å². The van der Waals surface area contributed by atoms with Crippen LogP contribution in [0.4, 0.5) is 0 Å². The van der Waals surface area contributed by atoms with Gasteiger partial charge in [-0.1, -0.05) is 13.0 Å². The van der Waals surface area contributed by atoms with Crippen LogP contribution in [0.15, 0.2) is 40.8 Å². The summed E-state index contributed by atoms with van der Waals surface area (Å²) in [6.07, 6.45) is 0.887. The van der Waals surface area contributed by atoms with Gasteiger partial charge >= 0.3 is 0 Å². The minimum absolute atomic E-state index is 0.0268. The van der Waals surface area contributed by atoms with E-state index in [1.165, 1.54) is 5.01 Å². The second-order valence-electron chi connectivity index (χ2n) is 8.71. The Labute approximate surface area is 216 Å². The van der Waals surface area contributed by atoms with Crippen molar-refractivity contribution < 1.29 is 23.8 Å². The van der Waals surface area contributed by atoms with Crippen molar-refractivity contribution in [2.45, 2.75) is 25.8 Å². The number of amides is 2. The van der Waals surface area contributed by atoms with Gasteiger partial charge in [-0.05, 0) is 29.6 Å². The number of hydrogen-bond acceptors (Lipinski definition) is 8. The Morgan fingerprint density at radius 3 is 2.67 bits per heavy atom. The van der Waals surface area contributed by atoms with Crippen molar-refractivity contribution >= 4 is 28.9 Å². The fourth-order valence-electron chi connectivity index (χ4n) is 4.51. The van der Waals surface area contributed by atoms with Crippen molar-refractivity contribution in [2.75, 3.05) is 60.2 Å². The molecule has 1 saturated heterocycles. The third kappa shape index (κ3) is 6.05. The Kier molecular flexibility index (Phi) is 8.95. The van der Waals surface area contributed by atoms with E-state index in [0.717, 1.165) is 29.2 Å². The predicted octanol–water partition coefficient (Wildman–Crippen LogP) is 3.01. The van der Waals surface area contributed by atoms with Crippen molar-refractivity contribution in [3.8, 4) is 11.5 Å². The van der Waals surface area contributed by atoms with Crippen LogP contribution in [-0.2, 0) is 14.3 Å². The molecule has 2 amide bonds. The maximum absolute atomic E-state index is 13.7. The monoisotopic (exact) mass is 514 g/mol. The van der Waals surface area contributed by atoms with Crippen LogP contribution in [0.1, 0.15) is 36.2 Å². The zero-order valence-corrected chi connectivity index (χ0v) is 22.0. The first-order chi connectivity index (χ1) is 17.5. The number of rotatable bonds is 10. The number of methoxy groups -OCH3 is 2. The van der Waals surface area contributed by atoms with Gasteiger partial charge in [0.1, 0.15) is 18.0 Å². The molecule has 1 atom stereocenters. The third-order valence-electron chi connectivity index (χ3n) is 6.54. The van der Waals surface area contributed by atoms with Crippen LogP contribution < -0.4 is 9.47 Å². The molecule has 0 aliphatic carbocycles. The molecule has 2 aromatic rings. The lowest BCUT2D eigenvalue weighted by Gasteiger charge is -2.31. The number of carbonyl (C=O) groups is 2. The van der Waals surface area contributed by atoms with Crippen LogP contribution in [0, 0.1) is 0 Å². The standard InChI is InChI=1S/C26H34N4O5S/c1-4-25(31)29(10-9-28-11-13-35-14-12-28)18-26(32)30-22(17-21(27-30)24-6-5-15-36-24)20-16-19(33-2)7-8-23(20)34-3/h5-8,15-16,22H,4,9-14,17-18H2,1-3H3. The van der Waals surface area contributed by atoms with E-state index in [0.29, 0.717) is 50.6 Å². The number of carbonyl (C=O) groups excluding carboxylic acids is 2. The van der Waals surface area contributed by atoms with Crippen molar-refractivity contribution in [3.05, 3.63) is 46.2 Å². The normalized spacial score (nSPS) is 18.1. The molecule has 0 spiro atoms. The van der Waals surface area contributed by atoms with Crippen LogP contribution in [0.25, 0.3) is 0 Å². The summed E-state index contributed by atoms with van der Waals surface area (Å²) >= 11 is 1.59. The van der Waals surface area contributed by atoms with Gasteiger partial charge in [0.25, 0.3) is 5.91 Å². The summed E-state index contributed by atoms with van der Waals surface area (Å²) in [6, 6.07) is 9.18. The number of morpholine rings is 1. The molecular formula is C26H34N4O5S. The van der Waals surface area contributed by atoms with Gasteiger partial charge in [0.05, 0.1) is 44.1 Å². The van der Waals surface area contributed by atoms with Crippen LogP contribution in [0.3, 0.4) is 0 Å². The van der Waals surface area contributed by atoms with Gasteiger partial charge in [0.15, 0.2) is 0 Å². The molecule has 3 heterocycles. The maximum Gasteiger partial charge on any atom is 0.262 e.